The Morgan fingerprint density at radius 1 is 1.56 bits per heavy atom. The van der Waals surface area contributed by atoms with E-state index in [2.05, 4.69) is 5.92 Å². The quantitative estimate of drug-likeness (QED) is 0.576. The van der Waals surface area contributed by atoms with Crippen molar-refractivity contribution in [1.82, 2.24) is 0 Å². The Morgan fingerprint density at radius 2 is 2.12 bits per heavy atom. The zero-order valence-corrected chi connectivity index (χ0v) is 11.0. The standard InChI is InChI=1S/C12H14Cl2O2/c1-5-12(10(15)16-6-2)8(7-9(13)14)11(12,3)4/h1,7-8H,6H2,2-4H3. The maximum Gasteiger partial charge on any atom is 0.325 e. The molecule has 0 heterocycles. The van der Waals surface area contributed by atoms with Gasteiger partial charge in [0.1, 0.15) is 9.91 Å². The SMILES string of the molecule is C#CC1(C(=O)OCC)C(C=C(Cl)Cl)C1(C)C. The second-order valence-electron chi connectivity index (χ2n) is 4.33. The smallest absolute Gasteiger partial charge is 0.325 e. The summed E-state index contributed by atoms with van der Waals surface area (Å²) in [6.45, 7) is 5.86. The third kappa shape index (κ3) is 1.73. The average molecular weight is 261 g/mol. The summed E-state index contributed by atoms with van der Waals surface area (Å²) in [5.41, 5.74) is -1.30. The molecule has 1 saturated carbocycles. The molecule has 1 aliphatic carbocycles. The van der Waals surface area contributed by atoms with Crippen molar-refractivity contribution in [2.45, 2.75) is 20.8 Å². The summed E-state index contributed by atoms with van der Waals surface area (Å²) in [5, 5.41) is 0. The Bertz CT molecular complexity index is 375. The number of ether oxygens (including phenoxy) is 1. The minimum Gasteiger partial charge on any atom is -0.465 e. The van der Waals surface area contributed by atoms with Crippen LogP contribution in [0.25, 0.3) is 0 Å². The third-order valence-corrected chi connectivity index (χ3v) is 3.55. The fourth-order valence-electron chi connectivity index (χ4n) is 2.23. The van der Waals surface area contributed by atoms with Crippen LogP contribution in [-0.2, 0) is 9.53 Å². The zero-order valence-electron chi connectivity index (χ0n) is 9.51. The Labute approximate surface area is 106 Å². The molecule has 0 N–H and O–H groups in total. The molecule has 0 spiro atoms. The summed E-state index contributed by atoms with van der Waals surface area (Å²) in [6.07, 6.45) is 7.09. The van der Waals surface area contributed by atoms with Gasteiger partial charge in [-0.05, 0) is 13.0 Å². The normalized spacial score (nSPS) is 30.1. The molecule has 2 atom stereocenters. The van der Waals surface area contributed by atoms with Gasteiger partial charge < -0.3 is 4.74 Å². The number of terminal acetylenes is 1. The van der Waals surface area contributed by atoms with E-state index in [1.54, 1.807) is 13.0 Å². The molecule has 0 radical (unpaired) electrons. The number of halogens is 2. The number of carbonyl (C=O) groups is 1. The van der Waals surface area contributed by atoms with Gasteiger partial charge >= 0.3 is 5.97 Å². The molecule has 0 aromatic rings. The molecular weight excluding hydrogens is 247 g/mol. The predicted molar refractivity (Wildman–Crippen MR) is 65.0 cm³/mol. The first-order chi connectivity index (χ1) is 7.34. The molecular formula is C12H14Cl2O2. The maximum atomic E-state index is 11.9. The molecule has 1 rings (SSSR count). The lowest BCUT2D eigenvalue weighted by molar-refractivity contribution is -0.148. The highest BCUT2D eigenvalue weighted by molar-refractivity contribution is 6.55. The summed E-state index contributed by atoms with van der Waals surface area (Å²) in [4.78, 5) is 11.9. The van der Waals surface area contributed by atoms with Gasteiger partial charge in [-0.3, -0.25) is 4.79 Å². The van der Waals surface area contributed by atoms with Gasteiger partial charge in [0.25, 0.3) is 0 Å². The summed E-state index contributed by atoms with van der Waals surface area (Å²) in [7, 11) is 0. The van der Waals surface area contributed by atoms with Crippen LogP contribution in [0.2, 0.25) is 0 Å². The molecule has 16 heavy (non-hydrogen) atoms. The van der Waals surface area contributed by atoms with Crippen molar-refractivity contribution < 1.29 is 9.53 Å². The van der Waals surface area contributed by atoms with Crippen LogP contribution in [0.15, 0.2) is 10.6 Å². The number of hydrogen-bond acceptors (Lipinski definition) is 2. The van der Waals surface area contributed by atoms with Crippen LogP contribution in [0.1, 0.15) is 20.8 Å². The second kappa shape index (κ2) is 4.31. The molecule has 0 aromatic heterocycles. The molecule has 1 fully saturated rings. The second-order valence-corrected chi connectivity index (χ2v) is 5.34. The van der Waals surface area contributed by atoms with E-state index in [4.69, 9.17) is 34.4 Å². The van der Waals surface area contributed by atoms with Gasteiger partial charge in [0.05, 0.1) is 6.61 Å². The van der Waals surface area contributed by atoms with E-state index >= 15 is 0 Å². The van der Waals surface area contributed by atoms with Crippen LogP contribution in [0, 0.1) is 29.1 Å². The van der Waals surface area contributed by atoms with Gasteiger partial charge in [0.15, 0.2) is 0 Å². The Balaban J connectivity index is 3.05. The van der Waals surface area contributed by atoms with Crippen molar-refractivity contribution >= 4 is 29.2 Å². The minimum absolute atomic E-state index is 0.125. The van der Waals surface area contributed by atoms with Crippen LogP contribution < -0.4 is 0 Å². The minimum atomic E-state index is -0.933. The predicted octanol–water partition coefficient (Wildman–Crippen LogP) is 3.14. The molecule has 2 nitrogen and oxygen atoms in total. The van der Waals surface area contributed by atoms with Gasteiger partial charge in [-0.1, -0.05) is 43.0 Å². The maximum absolute atomic E-state index is 11.9. The van der Waals surface area contributed by atoms with E-state index in [-0.39, 0.29) is 21.8 Å². The van der Waals surface area contributed by atoms with E-state index in [9.17, 15) is 4.79 Å². The van der Waals surface area contributed by atoms with Gasteiger partial charge in [-0.15, -0.1) is 6.42 Å². The van der Waals surface area contributed by atoms with Crippen LogP contribution in [0.5, 0.6) is 0 Å². The third-order valence-electron chi connectivity index (χ3n) is 3.29. The molecule has 4 heteroatoms. The van der Waals surface area contributed by atoms with Crippen molar-refractivity contribution in [3.05, 3.63) is 10.6 Å². The van der Waals surface area contributed by atoms with Crippen LogP contribution in [0.4, 0.5) is 0 Å². The Morgan fingerprint density at radius 3 is 2.50 bits per heavy atom. The van der Waals surface area contributed by atoms with Gasteiger partial charge in [-0.2, -0.15) is 0 Å². The number of allylic oxidation sites excluding steroid dienone is 1. The fraction of sp³-hybridized carbons (Fsp3) is 0.583. The van der Waals surface area contributed by atoms with Crippen molar-refractivity contribution in [3.8, 4) is 12.3 Å². The topological polar surface area (TPSA) is 26.3 Å². The largest absolute Gasteiger partial charge is 0.465 e. The highest BCUT2D eigenvalue weighted by Crippen LogP contribution is 2.70. The van der Waals surface area contributed by atoms with Crippen molar-refractivity contribution in [2.24, 2.45) is 16.7 Å². The highest BCUT2D eigenvalue weighted by Gasteiger charge is 2.75. The van der Waals surface area contributed by atoms with E-state index < -0.39 is 5.41 Å². The molecule has 0 saturated heterocycles. The lowest BCUT2D eigenvalue weighted by atomic mass is 9.97. The van der Waals surface area contributed by atoms with E-state index in [0.29, 0.717) is 6.61 Å². The molecule has 88 valence electrons. The Kier molecular flexibility index (Phi) is 3.62. The first kappa shape index (κ1) is 13.4. The zero-order chi connectivity index (χ0) is 12.6. The summed E-state index contributed by atoms with van der Waals surface area (Å²) >= 11 is 11.2. The monoisotopic (exact) mass is 260 g/mol. The molecule has 2 unspecified atom stereocenters. The summed E-state index contributed by atoms with van der Waals surface area (Å²) in [6, 6.07) is 0. The van der Waals surface area contributed by atoms with Crippen LogP contribution >= 0.6 is 23.2 Å². The van der Waals surface area contributed by atoms with Crippen molar-refractivity contribution in [2.75, 3.05) is 6.61 Å². The number of hydrogen-bond donors (Lipinski definition) is 0. The average Bonchev–Trinajstić information content (AvgIpc) is 2.63. The van der Waals surface area contributed by atoms with E-state index in [1.165, 1.54) is 0 Å². The van der Waals surface area contributed by atoms with Crippen LogP contribution in [-0.4, -0.2) is 12.6 Å². The first-order valence-electron chi connectivity index (χ1n) is 5.02. The molecule has 0 aromatic carbocycles. The fourth-order valence-corrected chi connectivity index (χ4v) is 2.48. The van der Waals surface area contributed by atoms with Crippen LogP contribution in [0.3, 0.4) is 0 Å². The van der Waals surface area contributed by atoms with Gasteiger partial charge in [0.2, 0.25) is 0 Å². The van der Waals surface area contributed by atoms with E-state index in [1.807, 2.05) is 13.8 Å². The number of rotatable bonds is 3. The van der Waals surface area contributed by atoms with Gasteiger partial charge in [-0.25, -0.2) is 0 Å². The Hall–Kier alpha value is -0.650. The van der Waals surface area contributed by atoms with Crippen molar-refractivity contribution in [3.63, 3.8) is 0 Å². The molecule has 1 aliphatic rings. The lowest BCUT2D eigenvalue weighted by Crippen LogP contribution is -2.23. The molecule has 0 amide bonds. The van der Waals surface area contributed by atoms with Gasteiger partial charge in [0, 0.05) is 11.3 Å². The summed E-state index contributed by atoms with van der Waals surface area (Å²) in [5.74, 6) is 2.00. The van der Waals surface area contributed by atoms with E-state index in [0.717, 1.165) is 0 Å². The lowest BCUT2D eigenvalue weighted by Gasteiger charge is -2.11. The molecule has 0 bridgehead atoms. The summed E-state index contributed by atoms with van der Waals surface area (Å²) < 4.78 is 5.14. The first-order valence-corrected chi connectivity index (χ1v) is 5.78. The van der Waals surface area contributed by atoms with Crippen molar-refractivity contribution in [1.29, 1.82) is 0 Å². The highest BCUT2D eigenvalue weighted by atomic mass is 35.5. The molecule has 0 aliphatic heterocycles. The number of esters is 1. The number of carbonyl (C=O) groups excluding carboxylic acids is 1.